The Balaban J connectivity index is 1.52. The van der Waals surface area contributed by atoms with Gasteiger partial charge in [0.2, 0.25) is 5.91 Å². The van der Waals surface area contributed by atoms with Crippen molar-refractivity contribution in [2.24, 2.45) is 5.92 Å². The van der Waals surface area contributed by atoms with Crippen molar-refractivity contribution in [3.63, 3.8) is 0 Å². The predicted octanol–water partition coefficient (Wildman–Crippen LogP) is 3.42. The summed E-state index contributed by atoms with van der Waals surface area (Å²) in [5.41, 5.74) is -1.19. The third-order valence-electron chi connectivity index (χ3n) is 6.06. The molecule has 1 aromatic heterocycles. The zero-order valence-electron chi connectivity index (χ0n) is 19.2. The molecule has 178 valence electrons. The first-order valence-corrected chi connectivity index (χ1v) is 11.9. The normalized spacial score (nSPS) is 26.8. The first-order valence-electron chi connectivity index (χ1n) is 11.1. The minimum absolute atomic E-state index is 0.120. The number of nitrogens with one attached hydrogen (secondary N) is 1. The summed E-state index contributed by atoms with van der Waals surface area (Å²) in [6, 6.07) is 6.76. The largest absolute Gasteiger partial charge is 0.479 e. The molecule has 2 N–H and O–H groups in total. The highest BCUT2D eigenvalue weighted by molar-refractivity contribution is 7.20. The Morgan fingerprint density at radius 3 is 2.64 bits per heavy atom. The smallest absolute Gasteiger partial charge is 0.411 e. The number of thiazole rings is 1. The predicted molar refractivity (Wildman–Crippen MR) is 122 cm³/mol. The van der Waals surface area contributed by atoms with Gasteiger partial charge in [-0.05, 0) is 45.2 Å². The number of carbonyl (C=O) groups excluding carboxylic acids is 2. The van der Waals surface area contributed by atoms with Crippen LogP contribution in [0.3, 0.4) is 0 Å². The lowest BCUT2D eigenvalue weighted by atomic mass is 10.1. The molecule has 0 spiro atoms. The van der Waals surface area contributed by atoms with E-state index in [1.54, 1.807) is 20.8 Å². The number of amides is 2. The fourth-order valence-electron chi connectivity index (χ4n) is 4.29. The molecule has 1 aliphatic carbocycles. The van der Waals surface area contributed by atoms with Gasteiger partial charge in [0, 0.05) is 6.42 Å². The van der Waals surface area contributed by atoms with Gasteiger partial charge >= 0.3 is 12.1 Å². The van der Waals surface area contributed by atoms with Crippen LogP contribution >= 0.6 is 11.3 Å². The van der Waals surface area contributed by atoms with Crippen molar-refractivity contribution in [3.8, 4) is 5.19 Å². The van der Waals surface area contributed by atoms with E-state index >= 15 is 0 Å². The molecule has 10 heteroatoms. The maximum atomic E-state index is 13.2. The van der Waals surface area contributed by atoms with Gasteiger partial charge in [0.15, 0.2) is 0 Å². The van der Waals surface area contributed by atoms with Crippen molar-refractivity contribution in [2.45, 2.75) is 70.2 Å². The Bertz CT molecular complexity index is 1050. The molecule has 2 fully saturated rings. The number of nitrogens with zero attached hydrogens (tertiary/aromatic N) is 2. The van der Waals surface area contributed by atoms with Gasteiger partial charge in [0.1, 0.15) is 23.3 Å². The third-order valence-corrected chi connectivity index (χ3v) is 6.99. The van der Waals surface area contributed by atoms with E-state index in [9.17, 15) is 19.5 Å². The highest BCUT2D eigenvalue weighted by Crippen LogP contribution is 2.46. The van der Waals surface area contributed by atoms with Gasteiger partial charge in [-0.15, -0.1) is 0 Å². The average Bonchev–Trinajstić information content (AvgIpc) is 3.07. The van der Waals surface area contributed by atoms with E-state index in [-0.39, 0.29) is 18.9 Å². The summed E-state index contributed by atoms with van der Waals surface area (Å²) in [5.74, 6) is -1.67. The number of para-hydroxylation sites is 1. The van der Waals surface area contributed by atoms with E-state index in [1.807, 2.05) is 31.2 Å². The molecule has 1 saturated heterocycles. The standard InChI is InChI=1S/C23H29N3O6S/c1-5-13-11-23(13,19(28)29)25-18(27)16-10-14(12-26(16)21(30)32-22(2,3)4)31-20-24-15-8-6-7-9-17(15)33-20/h6-9,13-14,16H,5,10-12H2,1-4H3,(H,25,27)(H,28,29)/t13-,14-,16+,23-/m1/s1. The lowest BCUT2D eigenvalue weighted by Crippen LogP contribution is -2.53. The molecule has 1 aliphatic heterocycles. The van der Waals surface area contributed by atoms with Crippen molar-refractivity contribution in [2.75, 3.05) is 6.54 Å². The van der Waals surface area contributed by atoms with E-state index in [4.69, 9.17) is 9.47 Å². The average molecular weight is 476 g/mol. The second-order valence-electron chi connectivity index (χ2n) is 9.65. The highest BCUT2D eigenvalue weighted by atomic mass is 32.1. The van der Waals surface area contributed by atoms with Crippen LogP contribution in [0.25, 0.3) is 10.2 Å². The minimum Gasteiger partial charge on any atom is -0.479 e. The summed E-state index contributed by atoms with van der Waals surface area (Å²) in [4.78, 5) is 43.7. The fraction of sp³-hybridized carbons (Fsp3) is 0.565. The van der Waals surface area contributed by atoms with Crippen LogP contribution in [0.1, 0.15) is 47.0 Å². The van der Waals surface area contributed by atoms with Gasteiger partial charge < -0.3 is 19.9 Å². The molecule has 2 aliphatic rings. The fourth-order valence-corrected chi connectivity index (χ4v) is 5.17. The van der Waals surface area contributed by atoms with E-state index in [0.29, 0.717) is 18.0 Å². The highest BCUT2D eigenvalue weighted by Gasteiger charge is 2.61. The lowest BCUT2D eigenvalue weighted by molar-refractivity contribution is -0.144. The number of carboxylic acids is 1. The maximum Gasteiger partial charge on any atom is 0.411 e. The number of aromatic nitrogens is 1. The van der Waals surface area contributed by atoms with Crippen molar-refractivity contribution >= 4 is 39.5 Å². The van der Waals surface area contributed by atoms with Crippen LogP contribution in [0.15, 0.2) is 24.3 Å². The van der Waals surface area contributed by atoms with Gasteiger partial charge in [-0.1, -0.05) is 36.8 Å². The monoisotopic (exact) mass is 475 g/mol. The van der Waals surface area contributed by atoms with Crippen LogP contribution in [0, 0.1) is 5.92 Å². The SMILES string of the molecule is CC[C@@H]1C[C@]1(NC(=O)[C@@H]1C[C@@H](Oc2nc3ccccc3s2)CN1C(=O)OC(C)(C)C)C(=O)O. The Kier molecular flexibility index (Phi) is 5.98. The Morgan fingerprint density at radius 1 is 1.30 bits per heavy atom. The lowest BCUT2D eigenvalue weighted by Gasteiger charge is -2.28. The van der Waals surface area contributed by atoms with Crippen LogP contribution in [-0.2, 0) is 14.3 Å². The molecule has 2 aromatic rings. The number of hydrogen-bond donors (Lipinski definition) is 2. The van der Waals surface area contributed by atoms with E-state index < -0.39 is 41.3 Å². The number of benzene rings is 1. The molecule has 1 saturated carbocycles. The molecule has 2 heterocycles. The van der Waals surface area contributed by atoms with E-state index in [1.165, 1.54) is 16.2 Å². The maximum absolute atomic E-state index is 13.2. The van der Waals surface area contributed by atoms with Gasteiger partial charge in [0.25, 0.3) is 5.19 Å². The van der Waals surface area contributed by atoms with Crippen LogP contribution in [0.4, 0.5) is 4.79 Å². The summed E-state index contributed by atoms with van der Waals surface area (Å²) < 4.78 is 12.5. The zero-order valence-corrected chi connectivity index (χ0v) is 20.0. The number of ether oxygens (including phenoxy) is 2. The number of fused-ring (bicyclic) bond motifs is 1. The quantitative estimate of drug-likeness (QED) is 0.657. The van der Waals surface area contributed by atoms with Crippen LogP contribution < -0.4 is 10.1 Å². The Labute approximate surface area is 196 Å². The molecular formula is C23H29N3O6S. The van der Waals surface area contributed by atoms with Crippen molar-refractivity contribution in [3.05, 3.63) is 24.3 Å². The third kappa shape index (κ3) is 4.75. The first-order chi connectivity index (χ1) is 15.5. The number of aliphatic carboxylic acids is 1. The molecule has 0 radical (unpaired) electrons. The molecule has 2 amide bonds. The second kappa shape index (κ2) is 8.48. The second-order valence-corrected chi connectivity index (χ2v) is 10.6. The molecular weight excluding hydrogens is 446 g/mol. The van der Waals surface area contributed by atoms with Crippen LogP contribution in [-0.4, -0.2) is 62.8 Å². The topological polar surface area (TPSA) is 118 Å². The molecule has 0 bridgehead atoms. The zero-order chi connectivity index (χ0) is 24.0. The summed E-state index contributed by atoms with van der Waals surface area (Å²) in [5, 5.41) is 12.9. The summed E-state index contributed by atoms with van der Waals surface area (Å²) in [6.07, 6.45) is 0.139. The first kappa shape index (κ1) is 23.3. The van der Waals surface area contributed by atoms with Crippen molar-refractivity contribution in [1.29, 1.82) is 0 Å². The number of rotatable bonds is 6. The van der Waals surface area contributed by atoms with Gasteiger partial charge in [-0.3, -0.25) is 9.69 Å². The van der Waals surface area contributed by atoms with Crippen molar-refractivity contribution in [1.82, 2.24) is 15.2 Å². The van der Waals surface area contributed by atoms with E-state index in [0.717, 1.165) is 10.2 Å². The van der Waals surface area contributed by atoms with Gasteiger partial charge in [-0.2, -0.15) is 0 Å². The molecule has 4 atom stereocenters. The number of likely N-dealkylation sites (tertiary alicyclic amines) is 1. The Hall–Kier alpha value is -2.88. The van der Waals surface area contributed by atoms with Crippen molar-refractivity contribution < 1.29 is 29.0 Å². The molecule has 33 heavy (non-hydrogen) atoms. The van der Waals surface area contributed by atoms with Crippen LogP contribution in [0.5, 0.6) is 5.19 Å². The number of carbonyl (C=O) groups is 3. The van der Waals surface area contributed by atoms with Gasteiger partial charge in [-0.25, -0.2) is 14.6 Å². The molecule has 9 nitrogen and oxygen atoms in total. The van der Waals surface area contributed by atoms with Crippen LogP contribution in [0.2, 0.25) is 0 Å². The number of carboxylic acid groups (broad SMARTS) is 1. The molecule has 4 rings (SSSR count). The summed E-state index contributed by atoms with van der Waals surface area (Å²) in [7, 11) is 0. The molecule has 0 unspecified atom stereocenters. The Morgan fingerprint density at radius 2 is 2.03 bits per heavy atom. The van der Waals surface area contributed by atoms with Gasteiger partial charge in [0.05, 0.1) is 16.8 Å². The minimum atomic E-state index is -1.27. The number of hydrogen-bond acceptors (Lipinski definition) is 7. The summed E-state index contributed by atoms with van der Waals surface area (Å²) in [6.45, 7) is 7.29. The molecule has 1 aromatic carbocycles. The van der Waals surface area contributed by atoms with E-state index in [2.05, 4.69) is 10.3 Å². The summed E-state index contributed by atoms with van der Waals surface area (Å²) >= 11 is 1.39.